The van der Waals surface area contributed by atoms with Gasteiger partial charge in [-0.25, -0.2) is 9.59 Å². The van der Waals surface area contributed by atoms with E-state index in [0.29, 0.717) is 65.3 Å². The third kappa shape index (κ3) is 11.7. The molecule has 0 aromatic heterocycles. The summed E-state index contributed by atoms with van der Waals surface area (Å²) in [6.45, 7) is 2.64. The molecule has 8 nitrogen and oxygen atoms in total. The van der Waals surface area contributed by atoms with Gasteiger partial charge < -0.3 is 14.2 Å². The maximum absolute atomic E-state index is 14.6. The average molecular weight is 1090 g/mol. The Kier molecular flexibility index (Phi) is 17.5. The van der Waals surface area contributed by atoms with E-state index in [9.17, 15) is 19.2 Å². The van der Waals surface area contributed by atoms with E-state index in [-0.39, 0.29) is 17.7 Å². The Balaban J connectivity index is 0.990. The number of halogens is 2. The van der Waals surface area contributed by atoms with Gasteiger partial charge in [0.15, 0.2) is 11.5 Å². The minimum Gasteiger partial charge on any atom is -0.490 e. The molecule has 0 fully saturated rings. The van der Waals surface area contributed by atoms with Crippen molar-refractivity contribution in [2.75, 3.05) is 6.61 Å². The van der Waals surface area contributed by atoms with Crippen molar-refractivity contribution in [2.24, 2.45) is 0 Å². The summed E-state index contributed by atoms with van der Waals surface area (Å²) in [5.74, 6) is 33.5. The van der Waals surface area contributed by atoms with Crippen molar-refractivity contribution in [1.29, 1.82) is 0 Å². The van der Waals surface area contributed by atoms with Gasteiger partial charge in [-0.2, -0.15) is 0 Å². The van der Waals surface area contributed by atoms with E-state index < -0.39 is 23.8 Å². The maximum atomic E-state index is 14.6. The second-order valence-electron chi connectivity index (χ2n) is 17.5. The van der Waals surface area contributed by atoms with Crippen LogP contribution in [0.4, 0.5) is 0 Å². The number of rotatable bonds is 19. The first-order chi connectivity index (χ1) is 35.7. The molecule has 0 atom stereocenters. The van der Waals surface area contributed by atoms with Crippen LogP contribution >= 0.6 is 31.9 Å². The first-order valence-corrected chi connectivity index (χ1v) is 25.9. The molecule has 358 valence electrons. The molecule has 0 spiro atoms. The molecule has 2 amide bonds. The molecule has 6 aromatic rings. The highest BCUT2D eigenvalue weighted by molar-refractivity contribution is 9.11. The summed E-state index contributed by atoms with van der Waals surface area (Å²) < 4.78 is 18.4. The van der Waals surface area contributed by atoms with E-state index in [1.54, 1.807) is 42.5 Å². The van der Waals surface area contributed by atoms with Crippen molar-refractivity contribution >= 4 is 98.7 Å². The largest absolute Gasteiger partial charge is 0.490 e. The minimum absolute atomic E-state index is 0.0442. The fourth-order valence-corrected chi connectivity index (χ4v) is 10.7. The van der Waals surface area contributed by atoms with Gasteiger partial charge in [-0.05, 0) is 101 Å². The molecule has 10 heteroatoms. The molecule has 2 aliphatic heterocycles. The molecule has 0 saturated carbocycles. The van der Waals surface area contributed by atoms with Crippen molar-refractivity contribution in [3.8, 4) is 107 Å². The maximum Gasteiger partial charge on any atom is 0.346 e. The predicted octanol–water partition coefficient (Wildman–Crippen LogP) is 13.2. The van der Waals surface area contributed by atoms with Crippen LogP contribution in [0.3, 0.4) is 0 Å². The number of cyclic esters (lactones) is 2. The lowest BCUT2D eigenvalue weighted by Crippen LogP contribution is -2.39. The van der Waals surface area contributed by atoms with Gasteiger partial charge in [0.1, 0.15) is 6.11 Å². The molecule has 0 radical (unpaired) electrons. The Hall–Kier alpha value is -8.06. The summed E-state index contributed by atoms with van der Waals surface area (Å²) in [6.07, 6.45) is 25.0. The summed E-state index contributed by atoms with van der Waals surface area (Å²) >= 11 is 7.49. The number of imide groups is 1. The Morgan fingerprint density at radius 1 is 0.493 bits per heavy atom. The van der Waals surface area contributed by atoms with Gasteiger partial charge in [0.25, 0.3) is 11.8 Å². The first kappa shape index (κ1) is 51.3. The molecule has 0 unspecified atom stereocenters. The summed E-state index contributed by atoms with van der Waals surface area (Å²) in [5.41, 5.74) is 1.93. The van der Waals surface area contributed by atoms with Crippen molar-refractivity contribution in [3.05, 3.63) is 91.4 Å². The van der Waals surface area contributed by atoms with Crippen LogP contribution in [0.15, 0.2) is 63.5 Å². The SMILES string of the molecule is C#CC#CC#CC#CC#CC#CC#CC#COc1ccc(CN2C(=O)c3ccc4c5c(Br)cc6c7c(ccc(c8c(Br)cc(c3c48)C2=O)c75)C(=O)OC6=O)cc1OCCCCCCCCCCCCCCCC. The second-order valence-corrected chi connectivity index (χ2v) is 19.2. The van der Waals surface area contributed by atoms with Crippen molar-refractivity contribution < 1.29 is 33.4 Å². The van der Waals surface area contributed by atoms with Crippen LogP contribution in [0.25, 0.3) is 43.1 Å². The molecule has 2 aliphatic rings. The number of hydrogen-bond donors (Lipinski definition) is 0. The topological polar surface area (TPSA) is 99.2 Å². The summed E-state index contributed by atoms with van der Waals surface area (Å²) in [7, 11) is 0. The van der Waals surface area contributed by atoms with Gasteiger partial charge in [-0.3, -0.25) is 14.5 Å². The Labute approximate surface area is 442 Å². The average Bonchev–Trinajstić information content (AvgIpc) is 3.38. The molecule has 0 aliphatic carbocycles. The molecule has 0 bridgehead atoms. The molecule has 0 N–H and O–H groups in total. The highest BCUT2D eigenvalue weighted by Gasteiger charge is 2.37. The Morgan fingerprint density at radius 2 is 0.973 bits per heavy atom. The summed E-state index contributed by atoms with van der Waals surface area (Å²) in [4.78, 5) is 56.3. The van der Waals surface area contributed by atoms with Gasteiger partial charge in [-0.1, -0.05) is 140 Å². The monoisotopic (exact) mass is 1090 g/mol. The molecular formula is C63H45Br2NO7. The van der Waals surface area contributed by atoms with Gasteiger partial charge in [0.05, 0.1) is 24.3 Å². The van der Waals surface area contributed by atoms with Gasteiger partial charge >= 0.3 is 11.9 Å². The molecule has 0 saturated heterocycles. The summed E-state index contributed by atoms with van der Waals surface area (Å²) in [5, 5.41) is 5.45. The van der Waals surface area contributed by atoms with Crippen molar-refractivity contribution in [1.82, 2.24) is 4.90 Å². The van der Waals surface area contributed by atoms with E-state index >= 15 is 0 Å². The normalized spacial score (nSPS) is 11.8. The highest BCUT2D eigenvalue weighted by atomic mass is 79.9. The number of benzene rings is 6. The van der Waals surface area contributed by atoms with Crippen LogP contribution in [0.2, 0.25) is 0 Å². The third-order valence-corrected chi connectivity index (χ3v) is 14.0. The van der Waals surface area contributed by atoms with Crippen LogP contribution in [0.5, 0.6) is 11.5 Å². The van der Waals surface area contributed by atoms with Gasteiger partial charge in [0.2, 0.25) is 0 Å². The van der Waals surface area contributed by atoms with E-state index in [0.717, 1.165) is 40.8 Å². The van der Waals surface area contributed by atoms with Crippen molar-refractivity contribution in [3.63, 3.8) is 0 Å². The van der Waals surface area contributed by atoms with Crippen LogP contribution in [-0.2, 0) is 11.3 Å². The predicted molar refractivity (Wildman–Crippen MR) is 293 cm³/mol. The highest BCUT2D eigenvalue weighted by Crippen LogP contribution is 2.50. The number of unbranched alkanes of at least 4 members (excludes halogenated alkanes) is 13. The fraction of sp³-hybridized carbons (Fsp3) is 0.270. The molecule has 73 heavy (non-hydrogen) atoms. The molecule has 6 aromatic carbocycles. The zero-order valence-corrected chi connectivity index (χ0v) is 43.3. The smallest absolute Gasteiger partial charge is 0.346 e. The zero-order chi connectivity index (χ0) is 51.1. The number of carbonyl (C=O) groups is 4. The first-order valence-electron chi connectivity index (χ1n) is 24.3. The van der Waals surface area contributed by atoms with Crippen molar-refractivity contribution in [2.45, 2.75) is 103 Å². The van der Waals surface area contributed by atoms with Crippen LogP contribution in [0, 0.1) is 95.4 Å². The minimum atomic E-state index is -0.723. The number of hydrogen-bond acceptors (Lipinski definition) is 7. The zero-order valence-electron chi connectivity index (χ0n) is 40.1. The Bertz CT molecular complexity index is 3760. The summed E-state index contributed by atoms with van der Waals surface area (Å²) in [6, 6.07) is 15.7. The van der Waals surface area contributed by atoms with Gasteiger partial charge in [0, 0.05) is 93.8 Å². The number of carbonyl (C=O) groups excluding carboxylic acids is 4. The molecular weight excluding hydrogens is 1040 g/mol. The standard InChI is InChI=1S/C63H45Br2NO7/c1-3-5-7-9-11-13-15-17-19-21-23-25-27-29-37-71-52-36-31-43(39-53(52)72-38-30-28-26-24-22-20-18-16-14-12-10-8-6-4-2)42-66-60(67)46-34-32-44-57-51(65)41-49-55-47(62(69)73-63(49)70)35-33-45(59(55)57)56-50(64)40-48(61(66)68)54(46)58(44)56/h1,31-36,39-41H,4,6,8,10,12,14,16,18,20,22,24,26,28,30,38,42H2,2H3. The van der Waals surface area contributed by atoms with Gasteiger partial charge in [-0.15, -0.1) is 6.42 Å². The quantitative estimate of drug-likeness (QED) is 0.0151. The van der Waals surface area contributed by atoms with E-state index in [2.05, 4.69) is 128 Å². The third-order valence-electron chi connectivity index (χ3n) is 12.7. The van der Waals surface area contributed by atoms with Crippen LogP contribution in [-0.4, -0.2) is 35.3 Å². The van der Waals surface area contributed by atoms with Crippen LogP contribution < -0.4 is 9.47 Å². The lowest BCUT2D eigenvalue weighted by Gasteiger charge is -2.29. The number of ether oxygens (including phenoxy) is 3. The number of amides is 2. The van der Waals surface area contributed by atoms with Crippen LogP contribution in [0.1, 0.15) is 144 Å². The fourth-order valence-electron chi connectivity index (χ4n) is 9.40. The molecule has 2 heterocycles. The second kappa shape index (κ2) is 24.9. The number of nitrogens with zero attached hydrogens (tertiary/aromatic N) is 1. The van der Waals surface area contributed by atoms with E-state index in [1.807, 2.05) is 12.1 Å². The lowest BCUT2D eigenvalue weighted by molar-refractivity contribution is 0.0390. The van der Waals surface area contributed by atoms with E-state index in [4.69, 9.17) is 20.6 Å². The molecule has 8 rings (SSSR count). The number of esters is 2. The van der Waals surface area contributed by atoms with E-state index in [1.165, 1.54) is 75.5 Å². The Morgan fingerprint density at radius 3 is 1.55 bits per heavy atom. The lowest BCUT2D eigenvalue weighted by atomic mass is 9.83. The number of terminal acetylenes is 1. The number of fused-ring (bicyclic) bond motifs is 2.